The molecule has 158 valence electrons. The number of ether oxygens (including phenoxy) is 3. The predicted octanol–water partition coefficient (Wildman–Crippen LogP) is 0.782. The normalized spacial score (nSPS) is 21.0. The maximum absolute atomic E-state index is 12.4. The molecule has 2 rings (SSSR count). The van der Waals surface area contributed by atoms with Gasteiger partial charge in [-0.3, -0.25) is 9.69 Å². The number of hydrogen-bond acceptors (Lipinski definition) is 8. The molecule has 1 aliphatic rings. The first-order valence-corrected chi connectivity index (χ1v) is 9.14. The van der Waals surface area contributed by atoms with Crippen molar-refractivity contribution in [3.63, 3.8) is 0 Å². The summed E-state index contributed by atoms with van der Waals surface area (Å²) >= 11 is 0. The van der Waals surface area contributed by atoms with E-state index in [0.717, 1.165) is 17.7 Å². The van der Waals surface area contributed by atoms with Gasteiger partial charge in [0, 0.05) is 19.5 Å². The molecule has 1 aliphatic heterocycles. The molecule has 0 aromatic heterocycles. The maximum Gasteiger partial charge on any atom is 0.410 e. The zero-order valence-electron chi connectivity index (χ0n) is 16.3. The highest BCUT2D eigenvalue weighted by Crippen LogP contribution is 2.34. The van der Waals surface area contributed by atoms with Crippen molar-refractivity contribution >= 4 is 18.0 Å². The van der Waals surface area contributed by atoms with E-state index in [1.807, 2.05) is 6.07 Å². The minimum Gasteiger partial charge on any atom is -0.463 e. The van der Waals surface area contributed by atoms with Gasteiger partial charge < -0.3 is 24.4 Å². The third-order valence-corrected chi connectivity index (χ3v) is 4.57. The standard InChI is InChI=1S/C20H25NO8/c1-3-27-18(25)10-9-16(23)20(17(24)12-28-14(2)22)13-29-19(26)21(20)11-15-7-5-4-6-8-15/h4-10,16-17,23-24H,3,11-13H2,1-2H3/b10-9+/t16-,17+,20+/m0/s1. The van der Waals surface area contributed by atoms with Crippen LogP contribution in [-0.4, -0.2) is 70.7 Å². The molecule has 9 heteroatoms. The number of hydrogen-bond donors (Lipinski definition) is 2. The summed E-state index contributed by atoms with van der Waals surface area (Å²) in [5, 5.41) is 21.6. The van der Waals surface area contributed by atoms with Gasteiger partial charge in [-0.1, -0.05) is 30.3 Å². The van der Waals surface area contributed by atoms with Gasteiger partial charge in [0.1, 0.15) is 31.0 Å². The van der Waals surface area contributed by atoms with Gasteiger partial charge in [0.25, 0.3) is 0 Å². The molecule has 0 saturated carbocycles. The zero-order valence-corrected chi connectivity index (χ0v) is 16.3. The summed E-state index contributed by atoms with van der Waals surface area (Å²) in [4.78, 5) is 36.4. The molecule has 0 unspecified atom stereocenters. The smallest absolute Gasteiger partial charge is 0.410 e. The van der Waals surface area contributed by atoms with Crippen molar-refractivity contribution in [2.45, 2.75) is 38.1 Å². The third kappa shape index (κ3) is 5.33. The topological polar surface area (TPSA) is 123 Å². The van der Waals surface area contributed by atoms with E-state index in [1.54, 1.807) is 31.2 Å². The Balaban J connectivity index is 2.37. The number of amides is 1. The van der Waals surface area contributed by atoms with Crippen LogP contribution in [0.15, 0.2) is 42.5 Å². The van der Waals surface area contributed by atoms with Crippen LogP contribution < -0.4 is 0 Å². The predicted molar refractivity (Wildman–Crippen MR) is 100 cm³/mol. The molecule has 1 heterocycles. The zero-order chi connectivity index (χ0) is 21.4. The monoisotopic (exact) mass is 407 g/mol. The summed E-state index contributed by atoms with van der Waals surface area (Å²) in [6, 6.07) is 8.92. The van der Waals surface area contributed by atoms with Crippen LogP contribution in [-0.2, 0) is 30.3 Å². The first-order chi connectivity index (χ1) is 13.8. The first kappa shape index (κ1) is 22.4. The summed E-state index contributed by atoms with van der Waals surface area (Å²) in [6.45, 7) is 2.16. The Kier molecular flexibility index (Phi) is 7.74. The summed E-state index contributed by atoms with van der Waals surface area (Å²) in [7, 11) is 0. The van der Waals surface area contributed by atoms with Crippen LogP contribution >= 0.6 is 0 Å². The lowest BCUT2D eigenvalue weighted by Gasteiger charge is -2.41. The first-order valence-electron chi connectivity index (χ1n) is 9.14. The highest BCUT2D eigenvalue weighted by molar-refractivity contribution is 5.82. The van der Waals surface area contributed by atoms with Crippen LogP contribution in [0, 0.1) is 0 Å². The molecule has 0 spiro atoms. The fraction of sp³-hybridized carbons (Fsp3) is 0.450. The highest BCUT2D eigenvalue weighted by Gasteiger charge is 2.56. The van der Waals surface area contributed by atoms with Crippen molar-refractivity contribution in [3.05, 3.63) is 48.0 Å². The molecule has 3 atom stereocenters. The molecule has 2 N–H and O–H groups in total. The van der Waals surface area contributed by atoms with Gasteiger partial charge in [0.15, 0.2) is 0 Å². The third-order valence-electron chi connectivity index (χ3n) is 4.57. The fourth-order valence-electron chi connectivity index (χ4n) is 3.07. The van der Waals surface area contributed by atoms with Gasteiger partial charge in [-0.25, -0.2) is 9.59 Å². The van der Waals surface area contributed by atoms with Gasteiger partial charge in [-0.05, 0) is 18.6 Å². The van der Waals surface area contributed by atoms with Crippen molar-refractivity contribution in [1.82, 2.24) is 4.90 Å². The number of cyclic esters (lactones) is 1. The van der Waals surface area contributed by atoms with Crippen molar-refractivity contribution in [2.75, 3.05) is 19.8 Å². The van der Waals surface area contributed by atoms with E-state index in [0.29, 0.717) is 0 Å². The molecule has 1 aromatic carbocycles. The molecule has 0 bridgehead atoms. The number of esters is 2. The minimum atomic E-state index is -1.68. The van der Waals surface area contributed by atoms with E-state index in [2.05, 4.69) is 0 Å². The highest BCUT2D eigenvalue weighted by atomic mass is 16.6. The van der Waals surface area contributed by atoms with Crippen molar-refractivity contribution in [2.24, 2.45) is 0 Å². The minimum absolute atomic E-state index is 0.0289. The van der Waals surface area contributed by atoms with Gasteiger partial charge in [-0.2, -0.15) is 0 Å². The lowest BCUT2D eigenvalue weighted by Crippen LogP contribution is -2.63. The summed E-state index contributed by atoms with van der Waals surface area (Å²) < 4.78 is 14.8. The lowest BCUT2D eigenvalue weighted by atomic mass is 9.85. The molecular weight excluding hydrogens is 382 g/mol. The molecule has 1 aromatic rings. The number of carbonyl (C=O) groups excluding carboxylic acids is 3. The molecule has 1 saturated heterocycles. The second-order valence-corrected chi connectivity index (χ2v) is 6.49. The molecule has 1 fully saturated rings. The second kappa shape index (κ2) is 10.0. The van der Waals surface area contributed by atoms with Gasteiger partial charge >= 0.3 is 18.0 Å². The quantitative estimate of drug-likeness (QED) is 0.350. The van der Waals surface area contributed by atoms with Crippen LogP contribution in [0.1, 0.15) is 19.4 Å². The Bertz CT molecular complexity index is 750. The van der Waals surface area contributed by atoms with Crippen molar-refractivity contribution in [1.29, 1.82) is 0 Å². The van der Waals surface area contributed by atoms with Crippen LogP contribution in [0.2, 0.25) is 0 Å². The van der Waals surface area contributed by atoms with Crippen molar-refractivity contribution < 1.29 is 38.8 Å². The average molecular weight is 407 g/mol. The van der Waals surface area contributed by atoms with Crippen LogP contribution in [0.3, 0.4) is 0 Å². The summed E-state index contributed by atoms with van der Waals surface area (Å²) in [5.41, 5.74) is -0.942. The molecular formula is C20H25NO8. The van der Waals surface area contributed by atoms with E-state index >= 15 is 0 Å². The fourth-order valence-corrected chi connectivity index (χ4v) is 3.07. The number of benzene rings is 1. The Morgan fingerprint density at radius 1 is 1.28 bits per heavy atom. The van der Waals surface area contributed by atoms with E-state index in [9.17, 15) is 24.6 Å². The Labute approximate surface area is 168 Å². The number of rotatable bonds is 9. The number of aliphatic hydroxyl groups is 2. The van der Waals surface area contributed by atoms with Crippen molar-refractivity contribution in [3.8, 4) is 0 Å². The van der Waals surface area contributed by atoms with Gasteiger partial charge in [0.2, 0.25) is 0 Å². The van der Waals surface area contributed by atoms with E-state index in [4.69, 9.17) is 14.2 Å². The molecule has 0 radical (unpaired) electrons. The summed E-state index contributed by atoms with van der Waals surface area (Å²) in [5.74, 6) is -1.31. The largest absolute Gasteiger partial charge is 0.463 e. The van der Waals surface area contributed by atoms with Crippen LogP contribution in [0.25, 0.3) is 0 Å². The number of carbonyl (C=O) groups is 3. The Morgan fingerprint density at radius 2 is 1.97 bits per heavy atom. The SMILES string of the molecule is CCOC(=O)/C=C/[C@H](O)[C@@]1([C@H](O)COC(C)=O)COC(=O)N1Cc1ccccc1. The number of nitrogens with zero attached hydrogens (tertiary/aromatic N) is 1. The van der Waals surface area contributed by atoms with E-state index in [-0.39, 0.29) is 19.8 Å². The van der Waals surface area contributed by atoms with Crippen LogP contribution in [0.4, 0.5) is 4.79 Å². The summed E-state index contributed by atoms with van der Waals surface area (Å²) in [6.07, 6.45) is -1.61. The molecule has 1 amide bonds. The van der Waals surface area contributed by atoms with Gasteiger partial charge in [-0.15, -0.1) is 0 Å². The van der Waals surface area contributed by atoms with E-state index in [1.165, 1.54) is 11.8 Å². The number of aliphatic hydroxyl groups excluding tert-OH is 2. The Hall–Kier alpha value is -2.91. The lowest BCUT2D eigenvalue weighted by molar-refractivity contribution is -0.149. The molecule has 0 aliphatic carbocycles. The van der Waals surface area contributed by atoms with Crippen LogP contribution in [0.5, 0.6) is 0 Å². The Morgan fingerprint density at radius 3 is 2.59 bits per heavy atom. The molecule has 9 nitrogen and oxygen atoms in total. The van der Waals surface area contributed by atoms with Gasteiger partial charge in [0.05, 0.1) is 6.61 Å². The maximum atomic E-state index is 12.4. The average Bonchev–Trinajstić information content (AvgIpc) is 3.02. The van der Waals surface area contributed by atoms with E-state index < -0.39 is 42.4 Å². The molecule has 29 heavy (non-hydrogen) atoms. The second-order valence-electron chi connectivity index (χ2n) is 6.49.